The van der Waals surface area contributed by atoms with E-state index in [0.29, 0.717) is 23.7 Å². The number of hydrogen-bond donors (Lipinski definition) is 2. The predicted octanol–water partition coefficient (Wildman–Crippen LogP) is 2.84. The van der Waals surface area contributed by atoms with Crippen molar-refractivity contribution < 1.29 is 18.7 Å². The highest BCUT2D eigenvalue weighted by Crippen LogP contribution is 2.29. The summed E-state index contributed by atoms with van der Waals surface area (Å²) >= 11 is 0. The van der Waals surface area contributed by atoms with Crippen molar-refractivity contribution in [3.8, 4) is 11.6 Å². The van der Waals surface area contributed by atoms with E-state index in [1.54, 1.807) is 36.6 Å². The van der Waals surface area contributed by atoms with Crippen molar-refractivity contribution in [2.24, 2.45) is 0 Å². The molecular formula is C17H16N4O4. The summed E-state index contributed by atoms with van der Waals surface area (Å²) in [4.78, 5) is 19.6. The van der Waals surface area contributed by atoms with Crippen molar-refractivity contribution >= 4 is 17.5 Å². The number of benzene rings is 1. The van der Waals surface area contributed by atoms with Gasteiger partial charge < -0.3 is 24.9 Å². The van der Waals surface area contributed by atoms with E-state index in [1.807, 2.05) is 6.07 Å². The molecule has 128 valence electrons. The average Bonchev–Trinajstić information content (AvgIpc) is 3.16. The minimum absolute atomic E-state index is 0.211. The number of nitrogens with zero attached hydrogens (tertiary/aromatic N) is 2. The van der Waals surface area contributed by atoms with Crippen LogP contribution in [0.5, 0.6) is 11.6 Å². The number of anilines is 2. The average molecular weight is 340 g/mol. The number of rotatable bonds is 6. The zero-order valence-corrected chi connectivity index (χ0v) is 13.4. The summed E-state index contributed by atoms with van der Waals surface area (Å²) in [6.07, 6.45) is 2.94. The summed E-state index contributed by atoms with van der Waals surface area (Å²) in [5.74, 6) is 1.46. The van der Waals surface area contributed by atoms with Crippen molar-refractivity contribution in [2.45, 2.75) is 6.54 Å². The summed E-state index contributed by atoms with van der Waals surface area (Å²) in [5.41, 5.74) is 6.75. The lowest BCUT2D eigenvalue weighted by Gasteiger charge is -2.11. The van der Waals surface area contributed by atoms with Crippen LogP contribution in [0.25, 0.3) is 0 Å². The molecule has 0 saturated heterocycles. The first-order valence-electron chi connectivity index (χ1n) is 7.40. The Balaban J connectivity index is 1.72. The Morgan fingerprint density at radius 3 is 2.72 bits per heavy atom. The van der Waals surface area contributed by atoms with Crippen LogP contribution in [0.4, 0.5) is 11.5 Å². The summed E-state index contributed by atoms with van der Waals surface area (Å²) < 4.78 is 15.6. The van der Waals surface area contributed by atoms with Gasteiger partial charge in [-0.15, -0.1) is 0 Å². The fraction of sp³-hybridized carbons (Fsp3) is 0.118. The normalized spacial score (nSPS) is 10.3. The maximum absolute atomic E-state index is 11.4. The lowest BCUT2D eigenvalue weighted by atomic mass is 10.2. The number of methoxy groups -OCH3 is 1. The van der Waals surface area contributed by atoms with E-state index in [4.69, 9.17) is 14.9 Å². The van der Waals surface area contributed by atoms with Gasteiger partial charge in [0.15, 0.2) is 5.82 Å². The number of aromatic nitrogens is 2. The Morgan fingerprint density at radius 2 is 2.04 bits per heavy atom. The zero-order valence-electron chi connectivity index (χ0n) is 13.4. The number of nitrogens with two attached hydrogens (primary N) is 1. The molecule has 0 fully saturated rings. The van der Waals surface area contributed by atoms with Gasteiger partial charge in [-0.3, -0.25) is 0 Å². The van der Waals surface area contributed by atoms with Crippen LogP contribution in [0.2, 0.25) is 0 Å². The van der Waals surface area contributed by atoms with E-state index in [9.17, 15) is 4.79 Å². The zero-order chi connectivity index (χ0) is 17.6. The number of nitrogen functional groups attached to an aromatic ring is 1. The van der Waals surface area contributed by atoms with Gasteiger partial charge in [0.1, 0.15) is 23.5 Å². The second-order valence-corrected chi connectivity index (χ2v) is 4.99. The molecule has 0 aliphatic rings. The van der Waals surface area contributed by atoms with E-state index in [-0.39, 0.29) is 11.6 Å². The van der Waals surface area contributed by atoms with Gasteiger partial charge in [0.2, 0.25) is 5.88 Å². The molecular weight excluding hydrogens is 324 g/mol. The minimum Gasteiger partial charge on any atom is -0.467 e. The monoisotopic (exact) mass is 340 g/mol. The summed E-state index contributed by atoms with van der Waals surface area (Å²) in [6, 6.07) is 10.1. The van der Waals surface area contributed by atoms with Crippen LogP contribution < -0.4 is 15.8 Å². The highest BCUT2D eigenvalue weighted by Gasteiger charge is 2.11. The summed E-state index contributed by atoms with van der Waals surface area (Å²) in [6.45, 7) is 0.432. The Bertz CT molecular complexity index is 848. The highest BCUT2D eigenvalue weighted by molar-refractivity contribution is 5.89. The number of furan rings is 1. The molecule has 0 unspecified atom stereocenters. The van der Waals surface area contributed by atoms with Gasteiger partial charge in [-0.25, -0.2) is 9.78 Å². The molecule has 0 atom stereocenters. The fourth-order valence-corrected chi connectivity index (χ4v) is 2.07. The second kappa shape index (κ2) is 7.35. The molecule has 0 aliphatic heterocycles. The Labute approximate surface area is 143 Å². The first-order valence-corrected chi connectivity index (χ1v) is 7.40. The molecule has 2 aromatic heterocycles. The molecule has 0 bridgehead atoms. The van der Waals surface area contributed by atoms with Gasteiger partial charge in [-0.2, -0.15) is 4.98 Å². The quantitative estimate of drug-likeness (QED) is 0.659. The Kier molecular flexibility index (Phi) is 4.79. The molecule has 8 nitrogen and oxygen atoms in total. The third kappa shape index (κ3) is 3.86. The van der Waals surface area contributed by atoms with Crippen molar-refractivity contribution in [3.05, 3.63) is 60.3 Å². The largest absolute Gasteiger partial charge is 0.467 e. The van der Waals surface area contributed by atoms with E-state index in [0.717, 1.165) is 5.76 Å². The lowest BCUT2D eigenvalue weighted by Crippen LogP contribution is -2.06. The van der Waals surface area contributed by atoms with E-state index >= 15 is 0 Å². The van der Waals surface area contributed by atoms with Crippen LogP contribution >= 0.6 is 0 Å². The number of hydrogen-bond acceptors (Lipinski definition) is 8. The molecule has 2 heterocycles. The van der Waals surface area contributed by atoms with Gasteiger partial charge in [-0.1, -0.05) is 0 Å². The van der Waals surface area contributed by atoms with Crippen LogP contribution in [0.1, 0.15) is 16.1 Å². The lowest BCUT2D eigenvalue weighted by molar-refractivity contribution is 0.0600. The predicted molar refractivity (Wildman–Crippen MR) is 90.3 cm³/mol. The second-order valence-electron chi connectivity index (χ2n) is 4.99. The number of ether oxygens (including phenoxy) is 2. The van der Waals surface area contributed by atoms with Crippen molar-refractivity contribution in [1.82, 2.24) is 9.97 Å². The van der Waals surface area contributed by atoms with Crippen LogP contribution in [-0.2, 0) is 11.3 Å². The van der Waals surface area contributed by atoms with E-state index in [1.165, 1.54) is 13.4 Å². The van der Waals surface area contributed by atoms with Crippen LogP contribution in [0, 0.1) is 0 Å². The fourth-order valence-electron chi connectivity index (χ4n) is 2.07. The van der Waals surface area contributed by atoms with Gasteiger partial charge in [0, 0.05) is 0 Å². The smallest absolute Gasteiger partial charge is 0.337 e. The van der Waals surface area contributed by atoms with Crippen LogP contribution in [0.3, 0.4) is 0 Å². The minimum atomic E-state index is -0.419. The number of nitrogens with one attached hydrogen (secondary N) is 1. The molecule has 3 rings (SSSR count). The first kappa shape index (κ1) is 16.3. The molecule has 25 heavy (non-hydrogen) atoms. The highest BCUT2D eigenvalue weighted by atomic mass is 16.5. The molecule has 0 saturated carbocycles. The van der Waals surface area contributed by atoms with Crippen molar-refractivity contribution in [3.63, 3.8) is 0 Å². The molecule has 3 aromatic rings. The van der Waals surface area contributed by atoms with Gasteiger partial charge in [0.25, 0.3) is 0 Å². The first-order chi connectivity index (χ1) is 12.2. The van der Waals surface area contributed by atoms with Crippen molar-refractivity contribution in [1.29, 1.82) is 0 Å². The third-order valence-electron chi connectivity index (χ3n) is 3.35. The standard InChI is InChI=1S/C17H16N4O4/c1-23-17(22)11-4-6-12(7-5-11)25-16-14(18)15(20-10-21-16)19-9-13-3-2-8-24-13/h2-8,10H,9,18H2,1H3,(H,19,20,21). The number of esters is 1. The Hall–Kier alpha value is -3.55. The van der Waals surface area contributed by atoms with E-state index < -0.39 is 5.97 Å². The summed E-state index contributed by atoms with van der Waals surface area (Å²) in [5, 5.41) is 3.06. The van der Waals surface area contributed by atoms with Crippen LogP contribution in [0.15, 0.2) is 53.4 Å². The third-order valence-corrected chi connectivity index (χ3v) is 3.35. The maximum atomic E-state index is 11.4. The molecule has 1 aromatic carbocycles. The maximum Gasteiger partial charge on any atom is 0.337 e. The number of carbonyl (C=O) groups is 1. The molecule has 3 N–H and O–H groups in total. The van der Waals surface area contributed by atoms with Crippen LogP contribution in [-0.4, -0.2) is 23.0 Å². The molecule has 8 heteroatoms. The molecule has 0 spiro atoms. The topological polar surface area (TPSA) is 112 Å². The van der Waals surface area contributed by atoms with E-state index in [2.05, 4.69) is 20.0 Å². The van der Waals surface area contributed by atoms with Gasteiger partial charge in [0.05, 0.1) is 25.5 Å². The Morgan fingerprint density at radius 1 is 1.24 bits per heavy atom. The number of carbonyl (C=O) groups excluding carboxylic acids is 1. The van der Waals surface area contributed by atoms with Gasteiger partial charge in [-0.05, 0) is 36.4 Å². The molecule has 0 radical (unpaired) electrons. The summed E-state index contributed by atoms with van der Waals surface area (Å²) in [7, 11) is 1.32. The SMILES string of the molecule is COC(=O)c1ccc(Oc2ncnc(NCc3ccco3)c2N)cc1. The van der Waals surface area contributed by atoms with Crippen molar-refractivity contribution in [2.75, 3.05) is 18.2 Å². The van der Waals surface area contributed by atoms with Gasteiger partial charge >= 0.3 is 5.97 Å². The molecule has 0 aliphatic carbocycles. The molecule has 0 amide bonds.